The second-order valence-electron chi connectivity index (χ2n) is 12.3. The van der Waals surface area contributed by atoms with Crippen LogP contribution < -0.4 is 41.4 Å². The van der Waals surface area contributed by atoms with Crippen molar-refractivity contribution in [2.24, 2.45) is 0 Å². The Morgan fingerprint density at radius 3 is 1.73 bits per heavy atom. The summed E-state index contributed by atoms with van der Waals surface area (Å²) < 4.78 is 17.1. The number of amides is 2. The molecule has 2 N–H and O–H groups in total. The third-order valence-electron chi connectivity index (χ3n) is 8.89. The molecule has 8 nitrogen and oxygen atoms in total. The Bertz CT molecular complexity index is 2080. The van der Waals surface area contributed by atoms with E-state index in [9.17, 15) is 14.4 Å². The fraction of sp³-hybridized carbons (Fsp3) is 0.186. The van der Waals surface area contributed by atoms with E-state index < -0.39 is 19.4 Å². The van der Waals surface area contributed by atoms with Crippen LogP contribution in [0.2, 0.25) is 0 Å². The van der Waals surface area contributed by atoms with Crippen molar-refractivity contribution in [2.45, 2.75) is 33.1 Å². The number of hydrogen-bond donors (Lipinski definition) is 2. The second-order valence-corrected chi connectivity index (χ2v) is 15.9. The number of rotatable bonds is 13. The lowest BCUT2D eigenvalue weighted by atomic mass is 10.0. The average Bonchev–Trinajstić information content (AvgIpc) is 3.17. The molecular formula is C43H42N2O6P+. The lowest BCUT2D eigenvalue weighted by molar-refractivity contribution is 0.190. The van der Waals surface area contributed by atoms with Gasteiger partial charge in [0.15, 0.2) is 16.8 Å². The monoisotopic (exact) mass is 713 g/mol. The first-order valence-electron chi connectivity index (χ1n) is 17.6. The molecule has 0 aliphatic rings. The highest BCUT2D eigenvalue weighted by atomic mass is 31.2. The first-order chi connectivity index (χ1) is 25.4. The minimum absolute atomic E-state index is 0.00157. The molecule has 6 aromatic rings. The molecule has 0 bridgehead atoms. The van der Waals surface area contributed by atoms with Gasteiger partial charge in [-0.25, -0.2) is 9.59 Å². The molecule has 5 aromatic carbocycles. The maximum atomic E-state index is 13.3. The van der Waals surface area contributed by atoms with Crippen LogP contribution in [0.4, 0.5) is 9.59 Å². The number of aryl methyl sites for hydroxylation is 1. The molecule has 1 aromatic heterocycles. The van der Waals surface area contributed by atoms with Crippen molar-refractivity contribution in [2.75, 3.05) is 19.3 Å². The molecule has 0 fully saturated rings. The van der Waals surface area contributed by atoms with E-state index in [0.29, 0.717) is 24.4 Å². The van der Waals surface area contributed by atoms with Gasteiger partial charge in [0.25, 0.3) is 0 Å². The number of nitrogens with one attached hydrogen (secondary N) is 2. The Morgan fingerprint density at radius 2 is 1.19 bits per heavy atom. The van der Waals surface area contributed by atoms with Crippen molar-refractivity contribution in [1.29, 1.82) is 0 Å². The van der Waals surface area contributed by atoms with E-state index in [1.54, 1.807) is 13.8 Å². The summed E-state index contributed by atoms with van der Waals surface area (Å²) in [5, 5.41) is 9.43. The molecular weight excluding hydrogens is 671 g/mol. The van der Waals surface area contributed by atoms with Crippen LogP contribution in [0, 0.1) is 0 Å². The first kappa shape index (κ1) is 36.1. The van der Waals surface area contributed by atoms with Gasteiger partial charge in [-0.1, -0.05) is 78.9 Å². The van der Waals surface area contributed by atoms with Crippen LogP contribution in [0.3, 0.4) is 0 Å². The zero-order valence-electron chi connectivity index (χ0n) is 29.3. The van der Waals surface area contributed by atoms with Crippen LogP contribution in [0.1, 0.15) is 32.3 Å². The van der Waals surface area contributed by atoms with Gasteiger partial charge in [-0.3, -0.25) is 4.79 Å². The Kier molecular flexibility index (Phi) is 11.8. The second kappa shape index (κ2) is 17.0. The van der Waals surface area contributed by atoms with Gasteiger partial charge < -0.3 is 24.5 Å². The van der Waals surface area contributed by atoms with Crippen molar-refractivity contribution < 1.29 is 23.5 Å². The summed E-state index contributed by atoms with van der Waals surface area (Å²) >= 11 is 0. The zero-order valence-corrected chi connectivity index (χ0v) is 30.2. The van der Waals surface area contributed by atoms with Gasteiger partial charge in [0.1, 0.15) is 28.9 Å². The normalized spacial score (nSPS) is 11.2. The van der Waals surface area contributed by atoms with E-state index in [1.807, 2.05) is 24.3 Å². The Balaban J connectivity index is 1.23. The van der Waals surface area contributed by atoms with Crippen molar-refractivity contribution in [3.05, 3.63) is 149 Å². The van der Waals surface area contributed by atoms with Crippen LogP contribution in [0.5, 0.6) is 11.5 Å². The van der Waals surface area contributed by atoms with Gasteiger partial charge in [0, 0.05) is 24.7 Å². The Labute approximate surface area is 304 Å². The maximum absolute atomic E-state index is 13.3. The van der Waals surface area contributed by atoms with Crippen LogP contribution in [0.15, 0.2) is 143 Å². The summed E-state index contributed by atoms with van der Waals surface area (Å²) in [5.74, 6) is 0.0763. The molecule has 52 heavy (non-hydrogen) atoms. The molecule has 0 saturated heterocycles. The summed E-state index contributed by atoms with van der Waals surface area (Å²) in [7, 11) is -1.89. The van der Waals surface area contributed by atoms with E-state index in [0.717, 1.165) is 25.4 Å². The molecule has 0 atom stereocenters. The molecule has 0 aliphatic carbocycles. The van der Waals surface area contributed by atoms with Gasteiger partial charge in [-0.05, 0) is 87.2 Å². The first-order valence-corrected chi connectivity index (χ1v) is 19.6. The number of hydrogen-bond acceptors (Lipinski definition) is 6. The molecule has 0 aliphatic heterocycles. The smallest absolute Gasteiger partial charge is 0.412 e. The van der Waals surface area contributed by atoms with Crippen molar-refractivity contribution in [3.63, 3.8) is 0 Å². The number of carbonyl (C=O) groups excluding carboxylic acids is 2. The number of unbranched alkanes of at least 4 members (excludes halogenated alkanes) is 1. The molecule has 264 valence electrons. The minimum Gasteiger partial charge on any atom is -0.452 e. The average molecular weight is 714 g/mol. The molecule has 6 rings (SSSR count). The molecule has 0 radical (unpaired) electrons. The highest BCUT2D eigenvalue weighted by Crippen LogP contribution is 2.56. The van der Waals surface area contributed by atoms with E-state index in [2.05, 4.69) is 102 Å². The van der Waals surface area contributed by atoms with Crippen LogP contribution in [-0.2, 0) is 6.42 Å². The third kappa shape index (κ3) is 8.09. The van der Waals surface area contributed by atoms with Crippen LogP contribution >= 0.6 is 7.26 Å². The molecule has 0 saturated carbocycles. The lowest BCUT2D eigenvalue weighted by Gasteiger charge is -2.27. The van der Waals surface area contributed by atoms with Crippen molar-refractivity contribution >= 4 is 46.3 Å². The van der Waals surface area contributed by atoms with Crippen LogP contribution in [-0.4, -0.2) is 31.4 Å². The summed E-state index contributed by atoms with van der Waals surface area (Å²) in [6.07, 6.45) is 2.49. The highest BCUT2D eigenvalue weighted by Gasteiger charge is 2.44. The lowest BCUT2D eigenvalue weighted by Crippen LogP contribution is -2.33. The van der Waals surface area contributed by atoms with Crippen molar-refractivity contribution in [3.8, 4) is 22.8 Å². The third-order valence-corrected chi connectivity index (χ3v) is 13.4. The van der Waals surface area contributed by atoms with E-state index in [1.165, 1.54) is 39.7 Å². The predicted octanol–water partition coefficient (Wildman–Crippen LogP) is 7.99. The highest BCUT2D eigenvalue weighted by molar-refractivity contribution is 7.95. The van der Waals surface area contributed by atoms with Crippen molar-refractivity contribution in [1.82, 2.24) is 10.6 Å². The van der Waals surface area contributed by atoms with Gasteiger partial charge in [0.2, 0.25) is 5.75 Å². The molecule has 2 amide bonds. The fourth-order valence-electron chi connectivity index (χ4n) is 6.44. The predicted molar refractivity (Wildman–Crippen MR) is 210 cm³/mol. The fourth-order valence-corrected chi connectivity index (χ4v) is 10.9. The van der Waals surface area contributed by atoms with Crippen LogP contribution in [0.25, 0.3) is 22.3 Å². The SMILES string of the molecule is CCNC(=O)Oc1ccc2c(=O)cc(-c3ccc(CCCC[P+](c4ccccc4)(c4ccccc4)c4ccccc4)cc3)oc2c1OC(=O)NCC. The van der Waals surface area contributed by atoms with Gasteiger partial charge in [0.05, 0.1) is 11.5 Å². The largest absolute Gasteiger partial charge is 0.452 e. The van der Waals surface area contributed by atoms with E-state index in [4.69, 9.17) is 13.9 Å². The molecule has 0 unspecified atom stereocenters. The molecule has 1 heterocycles. The Morgan fingerprint density at radius 1 is 0.654 bits per heavy atom. The zero-order chi connectivity index (χ0) is 36.3. The van der Waals surface area contributed by atoms with Gasteiger partial charge in [-0.2, -0.15) is 0 Å². The number of benzene rings is 5. The number of carbonyl (C=O) groups is 2. The molecule has 0 spiro atoms. The maximum Gasteiger partial charge on any atom is 0.412 e. The van der Waals surface area contributed by atoms with Gasteiger partial charge >= 0.3 is 12.2 Å². The number of fused-ring (bicyclic) bond motifs is 1. The number of ether oxygens (including phenoxy) is 2. The minimum atomic E-state index is -1.89. The topological polar surface area (TPSA) is 107 Å². The quantitative estimate of drug-likeness (QED) is 0.0929. The summed E-state index contributed by atoms with van der Waals surface area (Å²) in [6.45, 7) is 4.14. The summed E-state index contributed by atoms with van der Waals surface area (Å²) in [4.78, 5) is 38.0. The van der Waals surface area contributed by atoms with E-state index in [-0.39, 0.29) is 27.9 Å². The summed E-state index contributed by atoms with van der Waals surface area (Å²) in [6, 6.07) is 45.1. The van der Waals surface area contributed by atoms with E-state index >= 15 is 0 Å². The molecule has 9 heteroatoms. The standard InChI is InChI=1S/C43H41N2O6P/c1-3-44-42(47)50-38-28-27-36-37(46)30-39(49-40(36)41(38)51-43(48)45-4-2)32-25-23-31(24-26-32)16-14-15-29-52(33-17-8-5-9-18-33,34-19-10-6-11-20-34)35-21-12-7-13-22-35/h5-13,17-28,30H,3-4,14-16,29H2,1-2H3,(H-,44,45,47,48)/p+1. The van der Waals surface area contributed by atoms with Gasteiger partial charge in [-0.15, -0.1) is 0 Å². The summed E-state index contributed by atoms with van der Waals surface area (Å²) in [5.41, 5.74) is 1.53. The Hall–Kier alpha value is -5.72.